The number of ether oxygens (including phenoxy) is 1. The van der Waals surface area contributed by atoms with E-state index in [-0.39, 0.29) is 5.69 Å². The lowest BCUT2D eigenvalue weighted by Gasteiger charge is -2.11. The fourth-order valence-corrected chi connectivity index (χ4v) is 1.44. The molecule has 19 heavy (non-hydrogen) atoms. The number of hydrogen-bond donors (Lipinski definition) is 2. The summed E-state index contributed by atoms with van der Waals surface area (Å²) in [7, 11) is 0. The highest BCUT2D eigenvalue weighted by Crippen LogP contribution is 2.25. The first kappa shape index (κ1) is 13.1. The maximum Gasteiger partial charge on any atom is 0.482 e. The molecule has 0 heterocycles. The van der Waals surface area contributed by atoms with Gasteiger partial charge in [0.2, 0.25) is 0 Å². The largest absolute Gasteiger partial charge is 0.482 e. The minimum atomic E-state index is -4.45. The Morgan fingerprint density at radius 1 is 0.842 bits per heavy atom. The van der Waals surface area contributed by atoms with Gasteiger partial charge >= 0.3 is 6.30 Å². The zero-order chi connectivity index (χ0) is 13.9. The third kappa shape index (κ3) is 4.09. The van der Waals surface area contributed by atoms with Crippen molar-refractivity contribution < 1.29 is 17.9 Å². The summed E-state index contributed by atoms with van der Waals surface area (Å²) in [5.41, 5.74) is 6.09. The Labute approximate surface area is 107 Å². The molecule has 0 bridgehead atoms. The first-order chi connectivity index (χ1) is 8.92. The van der Waals surface area contributed by atoms with E-state index < -0.39 is 6.30 Å². The van der Waals surface area contributed by atoms with E-state index in [1.807, 2.05) is 0 Å². The summed E-state index contributed by atoms with van der Waals surface area (Å²) in [6, 6.07) is 12.2. The molecule has 0 aliphatic carbocycles. The molecule has 0 aliphatic heterocycles. The molecule has 0 radical (unpaired) electrons. The van der Waals surface area contributed by atoms with Crippen LogP contribution < -0.4 is 15.8 Å². The third-order valence-electron chi connectivity index (χ3n) is 2.26. The average molecular weight is 268 g/mol. The third-order valence-corrected chi connectivity index (χ3v) is 2.26. The second-order valence-corrected chi connectivity index (χ2v) is 3.82. The molecule has 100 valence electrons. The predicted octanol–water partition coefficient (Wildman–Crippen LogP) is 3.99. The van der Waals surface area contributed by atoms with E-state index in [0.717, 1.165) is 0 Å². The molecular formula is C13H11F3N2O. The standard InChI is InChI=1S/C13H11F3N2O/c14-13(15,16)18-10-3-7-12(8-4-10)19-11-5-1-9(17)2-6-11/h1-8,18H,17H2. The SMILES string of the molecule is Nc1ccc(Oc2ccc(NC(F)(F)F)cc2)cc1. The van der Waals surface area contributed by atoms with Crippen LogP contribution in [0.2, 0.25) is 0 Å². The molecular weight excluding hydrogens is 257 g/mol. The number of alkyl halides is 3. The van der Waals surface area contributed by atoms with E-state index >= 15 is 0 Å². The quantitative estimate of drug-likeness (QED) is 0.653. The van der Waals surface area contributed by atoms with E-state index in [1.165, 1.54) is 29.6 Å². The number of nitrogens with two attached hydrogens (primary N) is 1. The van der Waals surface area contributed by atoms with Crippen LogP contribution in [-0.2, 0) is 0 Å². The van der Waals surface area contributed by atoms with Gasteiger partial charge in [-0.2, -0.15) is 13.2 Å². The number of nitrogen functional groups attached to an aromatic ring is 1. The highest BCUT2D eigenvalue weighted by Gasteiger charge is 2.26. The van der Waals surface area contributed by atoms with Crippen molar-refractivity contribution in [3.05, 3.63) is 48.5 Å². The average Bonchev–Trinajstić information content (AvgIpc) is 2.33. The Hall–Kier alpha value is -2.37. The number of rotatable bonds is 3. The van der Waals surface area contributed by atoms with Crippen LogP contribution in [0.3, 0.4) is 0 Å². The van der Waals surface area contributed by atoms with Crippen LogP contribution in [0.25, 0.3) is 0 Å². The van der Waals surface area contributed by atoms with Crippen LogP contribution in [0.15, 0.2) is 48.5 Å². The lowest BCUT2D eigenvalue weighted by molar-refractivity contribution is -0.0999. The molecule has 0 aromatic heterocycles. The first-order valence-electron chi connectivity index (χ1n) is 5.41. The Morgan fingerprint density at radius 2 is 1.32 bits per heavy atom. The normalized spacial score (nSPS) is 11.1. The van der Waals surface area contributed by atoms with E-state index in [4.69, 9.17) is 10.5 Å². The molecule has 0 unspecified atom stereocenters. The summed E-state index contributed by atoms with van der Waals surface area (Å²) in [5.74, 6) is 1.00. The molecule has 2 aromatic carbocycles. The van der Waals surface area contributed by atoms with Crippen molar-refractivity contribution in [2.45, 2.75) is 6.30 Å². The Kier molecular flexibility index (Phi) is 3.50. The first-order valence-corrected chi connectivity index (χ1v) is 5.41. The van der Waals surface area contributed by atoms with Gasteiger partial charge < -0.3 is 10.5 Å². The van der Waals surface area contributed by atoms with Gasteiger partial charge in [-0.3, -0.25) is 5.32 Å². The van der Waals surface area contributed by atoms with Crippen molar-refractivity contribution in [3.8, 4) is 11.5 Å². The number of hydrogen-bond acceptors (Lipinski definition) is 3. The van der Waals surface area contributed by atoms with Crippen LogP contribution in [0, 0.1) is 0 Å². The topological polar surface area (TPSA) is 47.3 Å². The molecule has 0 fully saturated rings. The van der Waals surface area contributed by atoms with E-state index in [0.29, 0.717) is 17.2 Å². The van der Waals surface area contributed by atoms with Crippen molar-refractivity contribution in [3.63, 3.8) is 0 Å². The Bertz CT molecular complexity index is 535. The maximum absolute atomic E-state index is 12.1. The molecule has 0 saturated heterocycles. The van der Waals surface area contributed by atoms with Crippen molar-refractivity contribution in [2.75, 3.05) is 11.1 Å². The molecule has 6 heteroatoms. The maximum atomic E-state index is 12.1. The summed E-state index contributed by atoms with van der Waals surface area (Å²) >= 11 is 0. The van der Waals surface area contributed by atoms with Gasteiger partial charge in [-0.15, -0.1) is 0 Å². The minimum Gasteiger partial charge on any atom is -0.457 e. The van der Waals surface area contributed by atoms with Crippen molar-refractivity contribution in [1.29, 1.82) is 0 Å². The van der Waals surface area contributed by atoms with Crippen LogP contribution in [-0.4, -0.2) is 6.30 Å². The molecule has 3 N–H and O–H groups in total. The van der Waals surface area contributed by atoms with Crippen LogP contribution >= 0.6 is 0 Å². The summed E-state index contributed by atoms with van der Waals surface area (Å²) in [5, 5.41) is 1.41. The predicted molar refractivity (Wildman–Crippen MR) is 67.0 cm³/mol. The van der Waals surface area contributed by atoms with Gasteiger partial charge in [0.05, 0.1) is 0 Å². The molecule has 0 aliphatic rings. The summed E-state index contributed by atoms with van der Waals surface area (Å²) < 4.78 is 41.7. The number of anilines is 2. The van der Waals surface area contributed by atoms with Gasteiger partial charge in [-0.1, -0.05) is 0 Å². The highest BCUT2D eigenvalue weighted by atomic mass is 19.4. The molecule has 2 rings (SSSR count). The lowest BCUT2D eigenvalue weighted by atomic mass is 10.3. The van der Waals surface area contributed by atoms with E-state index in [2.05, 4.69) is 0 Å². The van der Waals surface area contributed by atoms with Crippen molar-refractivity contribution >= 4 is 11.4 Å². The fourth-order valence-electron chi connectivity index (χ4n) is 1.44. The van der Waals surface area contributed by atoms with Gasteiger partial charge in [0, 0.05) is 11.4 Å². The second-order valence-electron chi connectivity index (χ2n) is 3.82. The van der Waals surface area contributed by atoms with Crippen molar-refractivity contribution in [2.24, 2.45) is 0 Å². The van der Waals surface area contributed by atoms with Gasteiger partial charge in [0.25, 0.3) is 0 Å². The minimum absolute atomic E-state index is 0.0443. The zero-order valence-corrected chi connectivity index (χ0v) is 9.74. The van der Waals surface area contributed by atoms with Crippen LogP contribution in [0.5, 0.6) is 11.5 Å². The van der Waals surface area contributed by atoms with Gasteiger partial charge in [-0.05, 0) is 48.5 Å². The van der Waals surface area contributed by atoms with Crippen LogP contribution in [0.4, 0.5) is 24.5 Å². The van der Waals surface area contributed by atoms with Gasteiger partial charge in [0.1, 0.15) is 11.5 Å². The van der Waals surface area contributed by atoms with Gasteiger partial charge in [0.15, 0.2) is 0 Å². The highest BCUT2D eigenvalue weighted by molar-refractivity contribution is 5.48. The Morgan fingerprint density at radius 3 is 1.79 bits per heavy atom. The summed E-state index contributed by atoms with van der Waals surface area (Å²) in [6.45, 7) is 0. The molecule has 3 nitrogen and oxygen atoms in total. The molecule has 0 spiro atoms. The van der Waals surface area contributed by atoms with Gasteiger partial charge in [-0.25, -0.2) is 0 Å². The summed E-state index contributed by atoms with van der Waals surface area (Å²) in [6.07, 6.45) is -4.45. The Balaban J connectivity index is 2.04. The zero-order valence-electron chi connectivity index (χ0n) is 9.74. The van der Waals surface area contributed by atoms with E-state index in [1.54, 1.807) is 24.3 Å². The second kappa shape index (κ2) is 5.09. The lowest BCUT2D eigenvalue weighted by Crippen LogP contribution is -2.20. The molecule has 2 aromatic rings. The number of benzene rings is 2. The van der Waals surface area contributed by atoms with Crippen LogP contribution in [0.1, 0.15) is 0 Å². The fraction of sp³-hybridized carbons (Fsp3) is 0.0769. The number of halogens is 3. The number of nitrogens with one attached hydrogen (secondary N) is 1. The summed E-state index contributed by atoms with van der Waals surface area (Å²) in [4.78, 5) is 0. The molecule has 0 amide bonds. The van der Waals surface area contributed by atoms with Crippen molar-refractivity contribution in [1.82, 2.24) is 0 Å². The smallest absolute Gasteiger partial charge is 0.457 e. The molecule has 0 saturated carbocycles. The molecule has 0 atom stereocenters. The van der Waals surface area contributed by atoms with E-state index in [9.17, 15) is 13.2 Å². The monoisotopic (exact) mass is 268 g/mol.